The van der Waals surface area contributed by atoms with Gasteiger partial charge in [-0.25, -0.2) is 0 Å². The van der Waals surface area contributed by atoms with Crippen molar-refractivity contribution >= 4 is 5.91 Å². The number of rotatable bonds is 2. The summed E-state index contributed by atoms with van der Waals surface area (Å²) in [5.41, 5.74) is 0. The van der Waals surface area contributed by atoms with Crippen LogP contribution in [0, 0.1) is 17.8 Å². The van der Waals surface area contributed by atoms with Gasteiger partial charge in [-0.3, -0.25) is 4.79 Å². The topological polar surface area (TPSA) is 52.6 Å². The molecule has 18 heavy (non-hydrogen) atoms. The molecule has 4 nitrogen and oxygen atoms in total. The maximum atomic E-state index is 12.5. The highest BCUT2D eigenvalue weighted by Crippen LogP contribution is 2.26. The van der Waals surface area contributed by atoms with E-state index in [9.17, 15) is 9.90 Å². The van der Waals surface area contributed by atoms with Crippen LogP contribution >= 0.6 is 0 Å². The summed E-state index contributed by atoms with van der Waals surface area (Å²) >= 11 is 0. The van der Waals surface area contributed by atoms with Crippen molar-refractivity contribution in [3.63, 3.8) is 0 Å². The van der Waals surface area contributed by atoms with Crippen LogP contribution in [0.3, 0.4) is 0 Å². The van der Waals surface area contributed by atoms with Gasteiger partial charge < -0.3 is 15.3 Å². The molecule has 3 unspecified atom stereocenters. The smallest absolute Gasteiger partial charge is 0.226 e. The monoisotopic (exact) mass is 254 g/mol. The first-order valence-electron chi connectivity index (χ1n) is 7.27. The summed E-state index contributed by atoms with van der Waals surface area (Å²) in [6.07, 6.45) is 2.63. The van der Waals surface area contributed by atoms with Gasteiger partial charge in [-0.05, 0) is 51.1 Å². The molecule has 0 aliphatic carbocycles. The highest BCUT2D eigenvalue weighted by atomic mass is 16.3. The summed E-state index contributed by atoms with van der Waals surface area (Å²) < 4.78 is 0. The molecule has 2 aliphatic heterocycles. The van der Waals surface area contributed by atoms with E-state index in [4.69, 9.17) is 0 Å². The van der Waals surface area contributed by atoms with Crippen LogP contribution in [0.5, 0.6) is 0 Å². The van der Waals surface area contributed by atoms with Gasteiger partial charge in [0.1, 0.15) is 0 Å². The van der Waals surface area contributed by atoms with Gasteiger partial charge in [0.25, 0.3) is 0 Å². The molecule has 2 N–H and O–H groups in total. The minimum Gasteiger partial charge on any atom is -0.393 e. The Morgan fingerprint density at radius 1 is 1.33 bits per heavy atom. The second-order valence-corrected chi connectivity index (χ2v) is 5.98. The van der Waals surface area contributed by atoms with E-state index in [1.54, 1.807) is 0 Å². The van der Waals surface area contributed by atoms with Crippen molar-refractivity contribution in [3.8, 4) is 0 Å². The quantitative estimate of drug-likeness (QED) is 0.768. The molecule has 3 atom stereocenters. The van der Waals surface area contributed by atoms with E-state index in [0.29, 0.717) is 17.7 Å². The number of likely N-dealkylation sites (tertiary alicyclic amines) is 1. The predicted molar refractivity (Wildman–Crippen MR) is 71.1 cm³/mol. The highest BCUT2D eigenvalue weighted by molar-refractivity contribution is 5.79. The van der Waals surface area contributed by atoms with Crippen LogP contribution in [0.2, 0.25) is 0 Å². The Balaban J connectivity index is 1.87. The fraction of sp³-hybridized carbons (Fsp3) is 0.929. The SMILES string of the molecule is CC(O)C1CCN(C(=O)C2CCNCC2C)CC1. The van der Waals surface area contributed by atoms with E-state index in [1.165, 1.54) is 0 Å². The molecular weight excluding hydrogens is 228 g/mol. The van der Waals surface area contributed by atoms with Gasteiger partial charge in [0, 0.05) is 19.0 Å². The molecule has 2 fully saturated rings. The van der Waals surface area contributed by atoms with Crippen molar-refractivity contribution in [2.24, 2.45) is 17.8 Å². The Labute approximate surface area is 110 Å². The van der Waals surface area contributed by atoms with Gasteiger partial charge in [-0.2, -0.15) is 0 Å². The van der Waals surface area contributed by atoms with Gasteiger partial charge in [0.2, 0.25) is 5.91 Å². The van der Waals surface area contributed by atoms with Gasteiger partial charge in [0.15, 0.2) is 0 Å². The Morgan fingerprint density at radius 3 is 2.56 bits per heavy atom. The Hall–Kier alpha value is -0.610. The normalized spacial score (nSPS) is 32.3. The number of aliphatic hydroxyl groups excluding tert-OH is 1. The number of aliphatic hydroxyl groups is 1. The summed E-state index contributed by atoms with van der Waals surface area (Å²) in [5.74, 6) is 1.36. The summed E-state index contributed by atoms with van der Waals surface area (Å²) in [6, 6.07) is 0. The number of carbonyl (C=O) groups excluding carboxylic acids is 1. The molecule has 0 aromatic rings. The third-order valence-corrected chi connectivity index (χ3v) is 4.64. The van der Waals surface area contributed by atoms with Gasteiger partial charge in [0.05, 0.1) is 6.10 Å². The maximum absolute atomic E-state index is 12.5. The van der Waals surface area contributed by atoms with Crippen LogP contribution < -0.4 is 5.32 Å². The van der Waals surface area contributed by atoms with E-state index in [0.717, 1.165) is 45.4 Å². The second kappa shape index (κ2) is 6.02. The van der Waals surface area contributed by atoms with Crippen LogP contribution in [-0.4, -0.2) is 48.2 Å². The molecule has 2 heterocycles. The van der Waals surface area contributed by atoms with Crippen LogP contribution in [0.1, 0.15) is 33.1 Å². The molecule has 104 valence electrons. The highest BCUT2D eigenvalue weighted by Gasteiger charge is 2.33. The number of nitrogens with one attached hydrogen (secondary N) is 1. The van der Waals surface area contributed by atoms with Gasteiger partial charge in [-0.1, -0.05) is 6.92 Å². The lowest BCUT2D eigenvalue weighted by atomic mass is 9.85. The van der Waals surface area contributed by atoms with Gasteiger partial charge in [-0.15, -0.1) is 0 Å². The molecule has 0 spiro atoms. The summed E-state index contributed by atoms with van der Waals surface area (Å²) in [4.78, 5) is 14.5. The first kappa shape index (κ1) is 13.8. The van der Waals surface area contributed by atoms with Crippen molar-refractivity contribution in [1.29, 1.82) is 0 Å². The lowest BCUT2D eigenvalue weighted by molar-refractivity contribution is -0.140. The number of amides is 1. The molecule has 2 aliphatic rings. The van der Waals surface area contributed by atoms with E-state index < -0.39 is 0 Å². The molecule has 0 saturated carbocycles. The molecule has 4 heteroatoms. The minimum atomic E-state index is -0.236. The van der Waals surface area contributed by atoms with Crippen molar-refractivity contribution < 1.29 is 9.90 Å². The van der Waals surface area contributed by atoms with Crippen molar-refractivity contribution in [1.82, 2.24) is 10.2 Å². The van der Waals surface area contributed by atoms with Gasteiger partial charge >= 0.3 is 0 Å². The maximum Gasteiger partial charge on any atom is 0.226 e. The number of piperidine rings is 2. The third-order valence-electron chi connectivity index (χ3n) is 4.64. The van der Waals surface area contributed by atoms with Crippen LogP contribution in [0.4, 0.5) is 0 Å². The lowest BCUT2D eigenvalue weighted by Gasteiger charge is -2.38. The van der Waals surface area contributed by atoms with Crippen molar-refractivity contribution in [2.45, 2.75) is 39.2 Å². The number of nitrogens with zero attached hydrogens (tertiary/aromatic N) is 1. The fourth-order valence-corrected chi connectivity index (χ4v) is 3.22. The van der Waals surface area contributed by atoms with E-state index in [2.05, 4.69) is 12.2 Å². The van der Waals surface area contributed by atoms with Crippen LogP contribution in [0.25, 0.3) is 0 Å². The molecule has 1 amide bonds. The molecule has 0 aromatic carbocycles. The van der Waals surface area contributed by atoms with E-state index in [-0.39, 0.29) is 12.0 Å². The zero-order valence-corrected chi connectivity index (χ0v) is 11.6. The summed E-state index contributed by atoms with van der Waals surface area (Å²) in [5, 5.41) is 12.9. The first-order chi connectivity index (χ1) is 8.59. The predicted octanol–water partition coefficient (Wildman–Crippen LogP) is 0.851. The zero-order valence-electron chi connectivity index (χ0n) is 11.6. The fourth-order valence-electron chi connectivity index (χ4n) is 3.22. The zero-order chi connectivity index (χ0) is 13.1. The van der Waals surface area contributed by atoms with Crippen molar-refractivity contribution in [2.75, 3.05) is 26.2 Å². The molecule has 0 aromatic heterocycles. The number of carbonyl (C=O) groups is 1. The minimum absolute atomic E-state index is 0.203. The average molecular weight is 254 g/mol. The van der Waals surface area contributed by atoms with Crippen LogP contribution in [-0.2, 0) is 4.79 Å². The molecule has 0 radical (unpaired) electrons. The molecular formula is C14H26N2O2. The van der Waals surface area contributed by atoms with E-state index in [1.807, 2.05) is 11.8 Å². The first-order valence-corrected chi connectivity index (χ1v) is 7.27. The molecule has 0 bridgehead atoms. The average Bonchev–Trinajstić information content (AvgIpc) is 2.38. The Kier molecular flexibility index (Phi) is 4.62. The number of hydrogen-bond acceptors (Lipinski definition) is 3. The van der Waals surface area contributed by atoms with Crippen LogP contribution in [0.15, 0.2) is 0 Å². The number of hydrogen-bond donors (Lipinski definition) is 2. The third kappa shape index (κ3) is 3.04. The van der Waals surface area contributed by atoms with Crippen molar-refractivity contribution in [3.05, 3.63) is 0 Å². The van der Waals surface area contributed by atoms with E-state index >= 15 is 0 Å². The molecule has 2 saturated heterocycles. The largest absolute Gasteiger partial charge is 0.393 e. The summed E-state index contributed by atoms with van der Waals surface area (Å²) in [6.45, 7) is 7.59. The Bertz CT molecular complexity index is 286. The lowest BCUT2D eigenvalue weighted by Crippen LogP contribution is -2.48. The molecule has 2 rings (SSSR count). The summed E-state index contributed by atoms with van der Waals surface area (Å²) in [7, 11) is 0. The second-order valence-electron chi connectivity index (χ2n) is 5.98. The Morgan fingerprint density at radius 2 is 2.00 bits per heavy atom. The standard InChI is InChI=1S/C14H26N2O2/c1-10-9-15-6-3-13(10)14(18)16-7-4-12(5-8-16)11(2)17/h10-13,15,17H,3-9H2,1-2H3.